The van der Waals surface area contributed by atoms with E-state index in [1.807, 2.05) is 19.1 Å². The van der Waals surface area contributed by atoms with Gasteiger partial charge in [-0.05, 0) is 44.9 Å². The number of hydrogen-bond acceptors (Lipinski definition) is 5. The molecule has 0 spiro atoms. The van der Waals surface area contributed by atoms with Crippen molar-refractivity contribution in [1.29, 1.82) is 0 Å². The Kier molecular flexibility index (Phi) is 4.95. The molecule has 0 aromatic carbocycles. The molecule has 0 aliphatic carbocycles. The lowest BCUT2D eigenvalue weighted by Gasteiger charge is -2.30. The molecule has 1 saturated heterocycles. The van der Waals surface area contributed by atoms with Crippen LogP contribution in [0.25, 0.3) is 0 Å². The van der Waals surface area contributed by atoms with E-state index < -0.39 is 6.10 Å². The summed E-state index contributed by atoms with van der Waals surface area (Å²) in [4.78, 5) is 6.71. The van der Waals surface area contributed by atoms with Crippen LogP contribution in [0.2, 0.25) is 0 Å². The fourth-order valence-electron chi connectivity index (χ4n) is 3.21. The van der Waals surface area contributed by atoms with Gasteiger partial charge in [0.2, 0.25) is 5.89 Å². The Morgan fingerprint density at radius 3 is 3.05 bits per heavy atom. The van der Waals surface area contributed by atoms with Gasteiger partial charge in [-0.1, -0.05) is 12.8 Å². The maximum atomic E-state index is 10.4. The predicted octanol–water partition coefficient (Wildman–Crippen LogP) is 3.44. The maximum Gasteiger partial charge on any atom is 0.208 e. The minimum atomic E-state index is -0.549. The van der Waals surface area contributed by atoms with E-state index in [9.17, 15) is 5.11 Å². The van der Waals surface area contributed by atoms with E-state index in [0.29, 0.717) is 24.8 Å². The Morgan fingerprint density at radius 2 is 2.32 bits per heavy atom. The zero-order chi connectivity index (χ0) is 15.4. The summed E-state index contributed by atoms with van der Waals surface area (Å²) in [6, 6.07) is 3.98. The monoisotopic (exact) mass is 304 g/mol. The number of nitrogens with zero attached hydrogens (tertiary/aromatic N) is 2. The van der Waals surface area contributed by atoms with Crippen molar-refractivity contribution in [1.82, 2.24) is 9.88 Å². The van der Waals surface area contributed by atoms with Crippen LogP contribution in [0.15, 0.2) is 33.4 Å². The van der Waals surface area contributed by atoms with E-state index in [-0.39, 0.29) is 0 Å². The smallest absolute Gasteiger partial charge is 0.208 e. The maximum absolute atomic E-state index is 10.4. The second kappa shape index (κ2) is 7.11. The SMILES string of the molecule is Cc1cnc(CN2CCCCCC2CC(O)c2ccco2)o1. The van der Waals surface area contributed by atoms with E-state index in [4.69, 9.17) is 8.83 Å². The van der Waals surface area contributed by atoms with Gasteiger partial charge < -0.3 is 13.9 Å². The molecular formula is C17H24N2O3. The molecule has 3 rings (SSSR count). The van der Waals surface area contributed by atoms with Crippen molar-refractivity contribution in [3.05, 3.63) is 42.0 Å². The van der Waals surface area contributed by atoms with Gasteiger partial charge in [0.1, 0.15) is 17.6 Å². The van der Waals surface area contributed by atoms with Crippen LogP contribution in [0.1, 0.15) is 55.6 Å². The lowest BCUT2D eigenvalue weighted by Crippen LogP contribution is -2.35. The van der Waals surface area contributed by atoms with Crippen LogP contribution in [-0.4, -0.2) is 27.6 Å². The lowest BCUT2D eigenvalue weighted by molar-refractivity contribution is 0.0789. The second-order valence-electron chi connectivity index (χ2n) is 6.11. The molecule has 0 bridgehead atoms. The van der Waals surface area contributed by atoms with Crippen molar-refractivity contribution in [3.63, 3.8) is 0 Å². The molecule has 5 heteroatoms. The van der Waals surface area contributed by atoms with Crippen molar-refractivity contribution >= 4 is 0 Å². The summed E-state index contributed by atoms with van der Waals surface area (Å²) in [6.07, 6.45) is 8.24. The van der Waals surface area contributed by atoms with Crippen molar-refractivity contribution in [3.8, 4) is 0 Å². The molecule has 120 valence electrons. The number of hydrogen-bond donors (Lipinski definition) is 1. The van der Waals surface area contributed by atoms with Crippen LogP contribution in [0.3, 0.4) is 0 Å². The van der Waals surface area contributed by atoms with Gasteiger partial charge in [-0.2, -0.15) is 0 Å². The van der Waals surface area contributed by atoms with E-state index >= 15 is 0 Å². The van der Waals surface area contributed by atoms with Gasteiger partial charge in [0.25, 0.3) is 0 Å². The fraction of sp³-hybridized carbons (Fsp3) is 0.588. The molecule has 1 aliphatic heterocycles. The van der Waals surface area contributed by atoms with Crippen LogP contribution >= 0.6 is 0 Å². The Hall–Kier alpha value is -1.59. The highest BCUT2D eigenvalue weighted by Crippen LogP contribution is 2.27. The van der Waals surface area contributed by atoms with Crippen LogP contribution < -0.4 is 0 Å². The molecule has 0 amide bonds. The number of aliphatic hydroxyl groups is 1. The highest BCUT2D eigenvalue weighted by atomic mass is 16.4. The summed E-state index contributed by atoms with van der Waals surface area (Å²) in [6.45, 7) is 3.65. The zero-order valence-electron chi connectivity index (χ0n) is 13.1. The Balaban J connectivity index is 1.67. The molecular weight excluding hydrogens is 280 g/mol. The average Bonchev–Trinajstić information content (AvgIpc) is 3.12. The van der Waals surface area contributed by atoms with Gasteiger partial charge in [-0.25, -0.2) is 4.98 Å². The van der Waals surface area contributed by atoms with Gasteiger partial charge in [0.05, 0.1) is 19.0 Å². The molecule has 1 fully saturated rings. The Labute approximate surface area is 130 Å². The molecule has 5 nitrogen and oxygen atoms in total. The number of aliphatic hydroxyl groups excluding tert-OH is 1. The molecule has 22 heavy (non-hydrogen) atoms. The third-order valence-electron chi connectivity index (χ3n) is 4.37. The van der Waals surface area contributed by atoms with E-state index in [0.717, 1.165) is 24.6 Å². The van der Waals surface area contributed by atoms with E-state index in [2.05, 4.69) is 9.88 Å². The zero-order valence-corrected chi connectivity index (χ0v) is 13.1. The first kappa shape index (κ1) is 15.3. The molecule has 0 radical (unpaired) electrons. The Morgan fingerprint density at radius 1 is 1.41 bits per heavy atom. The summed E-state index contributed by atoms with van der Waals surface area (Å²) < 4.78 is 10.9. The summed E-state index contributed by atoms with van der Waals surface area (Å²) in [5, 5.41) is 10.4. The predicted molar refractivity (Wildman–Crippen MR) is 82.2 cm³/mol. The molecule has 1 N–H and O–H groups in total. The molecule has 1 aliphatic rings. The quantitative estimate of drug-likeness (QED) is 0.916. The van der Waals surface area contributed by atoms with Crippen molar-refractivity contribution in [2.24, 2.45) is 0 Å². The fourth-order valence-corrected chi connectivity index (χ4v) is 3.21. The standard InChI is InChI=1S/C17H24N2O3/c1-13-11-18-17(22-13)12-19-8-4-2-3-6-14(19)10-15(20)16-7-5-9-21-16/h5,7,9,11,14-15,20H,2-4,6,8,10,12H2,1H3. The van der Waals surface area contributed by atoms with Gasteiger partial charge in [-0.3, -0.25) is 4.90 Å². The van der Waals surface area contributed by atoms with Crippen LogP contribution in [0, 0.1) is 6.92 Å². The highest BCUT2D eigenvalue weighted by Gasteiger charge is 2.26. The number of rotatable bonds is 5. The first-order chi connectivity index (χ1) is 10.7. The normalized spacial score (nSPS) is 21.6. The number of oxazole rings is 1. The van der Waals surface area contributed by atoms with Crippen LogP contribution in [0.4, 0.5) is 0 Å². The Bertz CT molecular complexity index is 564. The van der Waals surface area contributed by atoms with E-state index in [1.54, 1.807) is 12.5 Å². The molecule has 2 atom stereocenters. The lowest BCUT2D eigenvalue weighted by atomic mass is 10.0. The van der Waals surface area contributed by atoms with Crippen LogP contribution in [0.5, 0.6) is 0 Å². The first-order valence-electron chi connectivity index (χ1n) is 8.09. The minimum absolute atomic E-state index is 0.329. The van der Waals surface area contributed by atoms with Gasteiger partial charge in [-0.15, -0.1) is 0 Å². The first-order valence-corrected chi connectivity index (χ1v) is 8.09. The van der Waals surface area contributed by atoms with E-state index in [1.165, 1.54) is 19.3 Å². The second-order valence-corrected chi connectivity index (χ2v) is 6.11. The third kappa shape index (κ3) is 3.78. The van der Waals surface area contributed by atoms with Gasteiger partial charge in [0, 0.05) is 6.04 Å². The number of aryl methyl sites for hydroxylation is 1. The molecule has 2 unspecified atom stereocenters. The van der Waals surface area contributed by atoms with Crippen molar-refractivity contribution in [2.45, 2.75) is 57.7 Å². The average molecular weight is 304 g/mol. The molecule has 2 aromatic heterocycles. The largest absolute Gasteiger partial charge is 0.467 e. The summed E-state index contributed by atoms with van der Waals surface area (Å²) in [7, 11) is 0. The van der Waals surface area contributed by atoms with Crippen molar-refractivity contribution in [2.75, 3.05) is 6.54 Å². The summed E-state index contributed by atoms with van der Waals surface area (Å²) in [5.41, 5.74) is 0. The van der Waals surface area contributed by atoms with Gasteiger partial charge >= 0.3 is 0 Å². The number of furan rings is 1. The number of likely N-dealkylation sites (tertiary alicyclic amines) is 1. The third-order valence-corrected chi connectivity index (χ3v) is 4.37. The molecule has 2 aromatic rings. The topological polar surface area (TPSA) is 62.6 Å². The minimum Gasteiger partial charge on any atom is -0.467 e. The highest BCUT2D eigenvalue weighted by molar-refractivity contribution is 5.02. The summed E-state index contributed by atoms with van der Waals surface area (Å²) >= 11 is 0. The van der Waals surface area contributed by atoms with Gasteiger partial charge in [0.15, 0.2) is 0 Å². The van der Waals surface area contributed by atoms with Crippen molar-refractivity contribution < 1.29 is 13.9 Å². The summed E-state index contributed by atoms with van der Waals surface area (Å²) in [5.74, 6) is 2.25. The number of aromatic nitrogens is 1. The molecule has 0 saturated carbocycles. The molecule has 3 heterocycles. The van der Waals surface area contributed by atoms with Crippen LogP contribution in [-0.2, 0) is 6.54 Å².